The predicted octanol–water partition coefficient (Wildman–Crippen LogP) is 0.897. The summed E-state index contributed by atoms with van der Waals surface area (Å²) in [7, 11) is 0. The number of hydrogen-bond acceptors (Lipinski definition) is 3. The molecular weight excluding hydrogens is 188 g/mol. The molecule has 15 heavy (non-hydrogen) atoms. The van der Waals surface area contributed by atoms with Crippen LogP contribution < -0.4 is 5.32 Å². The maximum Gasteiger partial charge on any atom is 0.140 e. The highest BCUT2D eigenvalue weighted by Crippen LogP contribution is 2.29. The first-order valence-electron chi connectivity index (χ1n) is 6.24. The van der Waals surface area contributed by atoms with Crippen molar-refractivity contribution in [1.29, 1.82) is 0 Å². The van der Waals surface area contributed by atoms with Gasteiger partial charge in [0.2, 0.25) is 0 Å². The number of rotatable bonds is 4. The van der Waals surface area contributed by atoms with Crippen molar-refractivity contribution in [2.24, 2.45) is 11.8 Å². The molecule has 1 aliphatic heterocycles. The van der Waals surface area contributed by atoms with E-state index in [-0.39, 0.29) is 5.92 Å². The monoisotopic (exact) mass is 210 g/mol. The first-order chi connectivity index (χ1) is 7.27. The second-order valence-electron chi connectivity index (χ2n) is 4.98. The first-order valence-corrected chi connectivity index (χ1v) is 6.24. The summed E-state index contributed by atoms with van der Waals surface area (Å²) in [6.45, 7) is 7.42. The normalized spacial score (nSPS) is 25.9. The fourth-order valence-electron chi connectivity index (χ4n) is 2.47. The molecule has 0 bridgehead atoms. The van der Waals surface area contributed by atoms with E-state index in [9.17, 15) is 4.79 Å². The van der Waals surface area contributed by atoms with Crippen LogP contribution in [-0.2, 0) is 4.79 Å². The summed E-state index contributed by atoms with van der Waals surface area (Å²) in [4.78, 5) is 14.4. The quantitative estimate of drug-likeness (QED) is 0.748. The molecular formula is C12H22N2O. The van der Waals surface area contributed by atoms with Crippen LogP contribution in [0.15, 0.2) is 0 Å². The Hall–Kier alpha value is -0.410. The molecule has 0 spiro atoms. The van der Waals surface area contributed by atoms with E-state index in [1.807, 2.05) is 0 Å². The van der Waals surface area contributed by atoms with Gasteiger partial charge in [0.15, 0.2) is 0 Å². The topological polar surface area (TPSA) is 32.3 Å². The van der Waals surface area contributed by atoms with Gasteiger partial charge in [0.05, 0.1) is 0 Å². The van der Waals surface area contributed by atoms with Crippen LogP contribution in [0.3, 0.4) is 0 Å². The molecule has 0 aromatic rings. The lowest BCUT2D eigenvalue weighted by molar-refractivity contribution is -0.129. The van der Waals surface area contributed by atoms with Gasteiger partial charge >= 0.3 is 0 Å². The lowest BCUT2D eigenvalue weighted by Gasteiger charge is -2.32. The minimum Gasteiger partial charge on any atom is -0.314 e. The molecule has 0 radical (unpaired) electrons. The van der Waals surface area contributed by atoms with Crippen molar-refractivity contribution in [3.05, 3.63) is 0 Å². The van der Waals surface area contributed by atoms with E-state index in [0.29, 0.717) is 11.7 Å². The number of piperazine rings is 1. The Morgan fingerprint density at radius 2 is 2.07 bits per heavy atom. The molecule has 1 aliphatic carbocycles. The third-order valence-electron chi connectivity index (χ3n) is 3.73. The Labute approximate surface area is 92.2 Å². The molecule has 1 heterocycles. The Morgan fingerprint density at radius 1 is 1.40 bits per heavy atom. The van der Waals surface area contributed by atoms with Crippen molar-refractivity contribution in [1.82, 2.24) is 10.2 Å². The Balaban J connectivity index is 1.74. The fraction of sp³-hybridized carbons (Fsp3) is 0.917. The number of carbonyl (C=O) groups is 1. The maximum absolute atomic E-state index is 12.0. The van der Waals surface area contributed by atoms with E-state index < -0.39 is 0 Å². The summed E-state index contributed by atoms with van der Waals surface area (Å²) in [5.74, 6) is 1.16. The molecule has 2 fully saturated rings. The fourth-order valence-corrected chi connectivity index (χ4v) is 2.47. The van der Waals surface area contributed by atoms with Crippen LogP contribution in [0.4, 0.5) is 0 Å². The molecule has 0 aromatic heterocycles. The van der Waals surface area contributed by atoms with Crippen LogP contribution in [0, 0.1) is 11.8 Å². The van der Waals surface area contributed by atoms with Crippen molar-refractivity contribution in [3.63, 3.8) is 0 Å². The summed E-state index contributed by atoms with van der Waals surface area (Å²) in [5, 5.41) is 3.34. The van der Waals surface area contributed by atoms with Crippen LogP contribution in [0.2, 0.25) is 0 Å². The van der Waals surface area contributed by atoms with E-state index in [1.165, 1.54) is 6.42 Å². The largest absolute Gasteiger partial charge is 0.314 e. The standard InChI is InChI=1S/C12H22N2O/c1-10(12(15)11-3-2-4-11)9-14-7-5-13-6-8-14/h10-11,13H,2-9H2,1H3. The van der Waals surface area contributed by atoms with Crippen LogP contribution >= 0.6 is 0 Å². The molecule has 1 saturated heterocycles. The van der Waals surface area contributed by atoms with Gasteiger partial charge in [0.1, 0.15) is 5.78 Å². The van der Waals surface area contributed by atoms with Crippen molar-refractivity contribution in [2.45, 2.75) is 26.2 Å². The molecule has 1 saturated carbocycles. The minimum absolute atomic E-state index is 0.244. The lowest BCUT2D eigenvalue weighted by Crippen LogP contribution is -2.46. The van der Waals surface area contributed by atoms with Crippen molar-refractivity contribution in [3.8, 4) is 0 Å². The average Bonchev–Trinajstić information content (AvgIpc) is 2.16. The molecule has 0 aromatic carbocycles. The van der Waals surface area contributed by atoms with Crippen LogP contribution in [0.5, 0.6) is 0 Å². The first kappa shape index (κ1) is 11.1. The van der Waals surface area contributed by atoms with E-state index in [0.717, 1.165) is 45.6 Å². The number of ketones is 1. The summed E-state index contributed by atoms with van der Waals surface area (Å²) in [6.07, 6.45) is 3.55. The summed E-state index contributed by atoms with van der Waals surface area (Å²) in [6, 6.07) is 0. The number of nitrogens with one attached hydrogen (secondary N) is 1. The minimum atomic E-state index is 0.244. The maximum atomic E-state index is 12.0. The van der Waals surface area contributed by atoms with Gasteiger partial charge in [-0.05, 0) is 12.8 Å². The van der Waals surface area contributed by atoms with Crippen LogP contribution in [0.1, 0.15) is 26.2 Å². The van der Waals surface area contributed by atoms with E-state index in [2.05, 4.69) is 17.1 Å². The zero-order chi connectivity index (χ0) is 10.7. The SMILES string of the molecule is CC(CN1CCNCC1)C(=O)C1CCC1. The second-order valence-corrected chi connectivity index (χ2v) is 4.98. The molecule has 2 rings (SSSR count). The van der Waals surface area contributed by atoms with E-state index in [4.69, 9.17) is 0 Å². The van der Waals surface area contributed by atoms with E-state index >= 15 is 0 Å². The highest BCUT2D eigenvalue weighted by atomic mass is 16.1. The predicted molar refractivity (Wildman–Crippen MR) is 60.8 cm³/mol. The van der Waals surface area contributed by atoms with Crippen molar-refractivity contribution in [2.75, 3.05) is 32.7 Å². The van der Waals surface area contributed by atoms with Gasteiger partial charge in [-0.25, -0.2) is 0 Å². The second kappa shape index (κ2) is 5.08. The molecule has 86 valence electrons. The van der Waals surface area contributed by atoms with Gasteiger partial charge < -0.3 is 10.2 Å². The van der Waals surface area contributed by atoms with E-state index in [1.54, 1.807) is 0 Å². The van der Waals surface area contributed by atoms with Gasteiger partial charge in [-0.3, -0.25) is 4.79 Å². The lowest BCUT2D eigenvalue weighted by atomic mass is 9.78. The molecule has 1 N–H and O–H groups in total. The zero-order valence-corrected chi connectivity index (χ0v) is 9.67. The van der Waals surface area contributed by atoms with Crippen LogP contribution in [-0.4, -0.2) is 43.4 Å². The van der Waals surface area contributed by atoms with Crippen LogP contribution in [0.25, 0.3) is 0 Å². The highest BCUT2D eigenvalue weighted by Gasteiger charge is 2.29. The van der Waals surface area contributed by atoms with Gasteiger partial charge in [0, 0.05) is 44.6 Å². The summed E-state index contributed by atoms with van der Waals surface area (Å²) >= 11 is 0. The Kier molecular flexibility index (Phi) is 3.76. The number of nitrogens with zero attached hydrogens (tertiary/aromatic N) is 1. The van der Waals surface area contributed by atoms with Gasteiger partial charge in [-0.1, -0.05) is 13.3 Å². The molecule has 1 atom stereocenters. The molecule has 0 amide bonds. The molecule has 1 unspecified atom stereocenters. The Bertz CT molecular complexity index is 220. The van der Waals surface area contributed by atoms with Crippen molar-refractivity contribution < 1.29 is 4.79 Å². The number of hydrogen-bond donors (Lipinski definition) is 1. The number of carbonyl (C=O) groups excluding carboxylic acids is 1. The summed E-state index contributed by atoms with van der Waals surface area (Å²) < 4.78 is 0. The third kappa shape index (κ3) is 2.79. The van der Waals surface area contributed by atoms with Crippen molar-refractivity contribution >= 4 is 5.78 Å². The smallest absolute Gasteiger partial charge is 0.140 e. The van der Waals surface area contributed by atoms with Gasteiger partial charge in [-0.15, -0.1) is 0 Å². The molecule has 2 aliphatic rings. The summed E-state index contributed by atoms with van der Waals surface area (Å²) in [5.41, 5.74) is 0. The average molecular weight is 210 g/mol. The molecule has 3 heteroatoms. The zero-order valence-electron chi connectivity index (χ0n) is 9.67. The third-order valence-corrected chi connectivity index (χ3v) is 3.73. The number of Topliss-reactive ketones (excluding diaryl/α,β-unsaturated/α-hetero) is 1. The highest BCUT2D eigenvalue weighted by molar-refractivity contribution is 5.84. The van der Waals surface area contributed by atoms with Gasteiger partial charge in [0.25, 0.3) is 0 Å². The Morgan fingerprint density at radius 3 is 2.60 bits per heavy atom. The molecule has 3 nitrogen and oxygen atoms in total. The van der Waals surface area contributed by atoms with Gasteiger partial charge in [-0.2, -0.15) is 0 Å².